The Morgan fingerprint density at radius 3 is 2.40 bits per heavy atom. The van der Waals surface area contributed by atoms with E-state index in [2.05, 4.69) is 22.3 Å². The van der Waals surface area contributed by atoms with Gasteiger partial charge in [-0.2, -0.15) is 0 Å². The van der Waals surface area contributed by atoms with Crippen LogP contribution in [-0.2, 0) is 14.3 Å². The van der Waals surface area contributed by atoms with Crippen molar-refractivity contribution in [3.05, 3.63) is 0 Å². The summed E-state index contributed by atoms with van der Waals surface area (Å²) >= 11 is 0. The standard InChI is InChI=1S/C13H22N2O5/c1-13(5-3-2-4-6-13)9-14-12(19)15-10(16)7-20-8-11(17)18/h2-9H2,1H3,(H,17,18)(H2,14,15,16,19). The fourth-order valence-electron chi connectivity index (χ4n) is 2.31. The van der Waals surface area contributed by atoms with Gasteiger partial charge in [0.2, 0.25) is 0 Å². The summed E-state index contributed by atoms with van der Waals surface area (Å²) in [6.45, 7) is 1.65. The molecule has 114 valence electrons. The lowest BCUT2D eigenvalue weighted by molar-refractivity contribution is -0.143. The highest BCUT2D eigenvalue weighted by Gasteiger charge is 2.27. The first-order valence-electron chi connectivity index (χ1n) is 6.78. The molecule has 3 N–H and O–H groups in total. The number of carbonyl (C=O) groups is 3. The molecule has 0 saturated heterocycles. The third kappa shape index (κ3) is 6.51. The average Bonchev–Trinajstić information content (AvgIpc) is 2.37. The van der Waals surface area contributed by atoms with Crippen LogP contribution < -0.4 is 10.6 Å². The van der Waals surface area contributed by atoms with E-state index in [0.29, 0.717) is 6.54 Å². The van der Waals surface area contributed by atoms with Crippen molar-refractivity contribution in [3.63, 3.8) is 0 Å². The predicted octanol–water partition coefficient (Wildman–Crippen LogP) is 0.884. The van der Waals surface area contributed by atoms with E-state index in [9.17, 15) is 14.4 Å². The van der Waals surface area contributed by atoms with Crippen molar-refractivity contribution in [1.29, 1.82) is 0 Å². The molecule has 1 aliphatic carbocycles. The molecule has 1 aliphatic rings. The van der Waals surface area contributed by atoms with Gasteiger partial charge in [0.1, 0.15) is 13.2 Å². The fraction of sp³-hybridized carbons (Fsp3) is 0.769. The second kappa shape index (κ2) is 7.84. The first-order valence-corrected chi connectivity index (χ1v) is 6.78. The predicted molar refractivity (Wildman–Crippen MR) is 71.2 cm³/mol. The zero-order chi connectivity index (χ0) is 15.0. The van der Waals surface area contributed by atoms with Crippen molar-refractivity contribution in [2.75, 3.05) is 19.8 Å². The molecular formula is C13H22N2O5. The second-order valence-electron chi connectivity index (χ2n) is 5.49. The van der Waals surface area contributed by atoms with Gasteiger partial charge in [-0.15, -0.1) is 0 Å². The first kappa shape index (κ1) is 16.4. The molecule has 0 bridgehead atoms. The normalized spacial score (nSPS) is 17.2. The molecule has 0 aromatic heterocycles. The van der Waals surface area contributed by atoms with Crippen molar-refractivity contribution < 1.29 is 24.2 Å². The molecule has 7 heteroatoms. The number of aliphatic carboxylic acids is 1. The SMILES string of the molecule is CC1(CNC(=O)NC(=O)COCC(=O)O)CCCCC1. The van der Waals surface area contributed by atoms with Crippen LogP contribution in [0.2, 0.25) is 0 Å². The zero-order valence-electron chi connectivity index (χ0n) is 11.7. The smallest absolute Gasteiger partial charge is 0.329 e. The summed E-state index contributed by atoms with van der Waals surface area (Å²) in [5, 5.41) is 13.1. The monoisotopic (exact) mass is 286 g/mol. The van der Waals surface area contributed by atoms with Crippen LogP contribution in [0.4, 0.5) is 4.79 Å². The topological polar surface area (TPSA) is 105 Å². The van der Waals surface area contributed by atoms with Crippen LogP contribution in [-0.4, -0.2) is 42.8 Å². The second-order valence-corrected chi connectivity index (χ2v) is 5.49. The molecule has 0 spiro atoms. The number of hydrogen-bond donors (Lipinski definition) is 3. The average molecular weight is 286 g/mol. The van der Waals surface area contributed by atoms with E-state index in [1.807, 2.05) is 0 Å². The van der Waals surface area contributed by atoms with Gasteiger partial charge >= 0.3 is 12.0 Å². The minimum absolute atomic E-state index is 0.0957. The van der Waals surface area contributed by atoms with Gasteiger partial charge in [-0.1, -0.05) is 26.2 Å². The number of carboxylic acids is 1. The van der Waals surface area contributed by atoms with Gasteiger partial charge in [0.15, 0.2) is 0 Å². The minimum atomic E-state index is -1.16. The van der Waals surface area contributed by atoms with E-state index in [1.165, 1.54) is 19.3 Å². The van der Waals surface area contributed by atoms with Crippen molar-refractivity contribution >= 4 is 17.9 Å². The molecule has 3 amide bonds. The zero-order valence-corrected chi connectivity index (χ0v) is 11.7. The molecule has 0 radical (unpaired) electrons. The lowest BCUT2D eigenvalue weighted by Crippen LogP contribution is -2.45. The number of rotatable bonds is 6. The van der Waals surface area contributed by atoms with Crippen LogP contribution in [0.1, 0.15) is 39.0 Å². The number of carboxylic acid groups (broad SMARTS) is 1. The molecule has 20 heavy (non-hydrogen) atoms. The Morgan fingerprint density at radius 2 is 1.80 bits per heavy atom. The number of carbonyl (C=O) groups excluding carboxylic acids is 2. The fourth-order valence-corrected chi connectivity index (χ4v) is 2.31. The highest BCUT2D eigenvalue weighted by atomic mass is 16.5. The maximum Gasteiger partial charge on any atom is 0.329 e. The van der Waals surface area contributed by atoms with Crippen LogP contribution >= 0.6 is 0 Å². The van der Waals surface area contributed by atoms with Gasteiger partial charge in [0.05, 0.1) is 0 Å². The van der Waals surface area contributed by atoms with E-state index >= 15 is 0 Å². The molecule has 1 rings (SSSR count). The Hall–Kier alpha value is -1.63. The number of hydrogen-bond acceptors (Lipinski definition) is 4. The maximum atomic E-state index is 11.5. The summed E-state index contributed by atoms with van der Waals surface area (Å²) in [4.78, 5) is 33.0. The Balaban J connectivity index is 2.19. The summed E-state index contributed by atoms with van der Waals surface area (Å²) in [6, 6.07) is -0.569. The van der Waals surface area contributed by atoms with E-state index in [1.54, 1.807) is 0 Å². The van der Waals surface area contributed by atoms with E-state index in [4.69, 9.17) is 5.11 Å². The van der Waals surface area contributed by atoms with Crippen LogP contribution in [0.3, 0.4) is 0 Å². The summed E-state index contributed by atoms with van der Waals surface area (Å²) in [7, 11) is 0. The Kier molecular flexibility index (Phi) is 6.44. The molecule has 0 aromatic carbocycles. The van der Waals surface area contributed by atoms with Crippen LogP contribution in [0.15, 0.2) is 0 Å². The highest BCUT2D eigenvalue weighted by Crippen LogP contribution is 2.34. The number of nitrogens with one attached hydrogen (secondary N) is 2. The minimum Gasteiger partial charge on any atom is -0.480 e. The highest BCUT2D eigenvalue weighted by molar-refractivity contribution is 5.94. The van der Waals surface area contributed by atoms with Crippen molar-refractivity contribution in [2.45, 2.75) is 39.0 Å². The number of imide groups is 1. The van der Waals surface area contributed by atoms with Gasteiger partial charge in [-0.25, -0.2) is 9.59 Å². The van der Waals surface area contributed by atoms with E-state index < -0.39 is 31.1 Å². The van der Waals surface area contributed by atoms with Crippen molar-refractivity contribution in [2.24, 2.45) is 5.41 Å². The van der Waals surface area contributed by atoms with Gasteiger partial charge < -0.3 is 15.2 Å². The lowest BCUT2D eigenvalue weighted by atomic mass is 9.76. The van der Waals surface area contributed by atoms with Crippen molar-refractivity contribution in [3.8, 4) is 0 Å². The molecule has 0 atom stereocenters. The number of urea groups is 1. The third-order valence-electron chi connectivity index (χ3n) is 3.45. The Labute approximate surface area is 118 Å². The molecule has 0 unspecified atom stereocenters. The van der Waals surface area contributed by atoms with Gasteiger partial charge in [-0.05, 0) is 18.3 Å². The molecule has 7 nitrogen and oxygen atoms in total. The molecule has 0 aromatic rings. The quantitative estimate of drug-likeness (QED) is 0.672. The molecule has 0 heterocycles. The van der Waals surface area contributed by atoms with Gasteiger partial charge in [0.25, 0.3) is 5.91 Å². The molecular weight excluding hydrogens is 264 g/mol. The van der Waals surface area contributed by atoms with E-state index in [0.717, 1.165) is 12.8 Å². The Bertz CT molecular complexity index is 364. The van der Waals surface area contributed by atoms with Gasteiger partial charge in [-0.3, -0.25) is 10.1 Å². The first-order chi connectivity index (χ1) is 9.41. The van der Waals surface area contributed by atoms with Crippen LogP contribution in [0, 0.1) is 5.41 Å². The van der Waals surface area contributed by atoms with Crippen LogP contribution in [0.25, 0.3) is 0 Å². The third-order valence-corrected chi connectivity index (χ3v) is 3.45. The summed E-state index contributed by atoms with van der Waals surface area (Å²) in [5.41, 5.74) is 0.0957. The van der Waals surface area contributed by atoms with Crippen molar-refractivity contribution in [1.82, 2.24) is 10.6 Å². The summed E-state index contributed by atoms with van der Waals surface area (Å²) < 4.78 is 4.58. The Morgan fingerprint density at radius 1 is 1.15 bits per heavy atom. The summed E-state index contributed by atoms with van der Waals surface area (Å²) in [6.07, 6.45) is 5.72. The maximum absolute atomic E-state index is 11.5. The van der Waals surface area contributed by atoms with Crippen LogP contribution in [0.5, 0.6) is 0 Å². The lowest BCUT2D eigenvalue weighted by Gasteiger charge is -2.33. The molecule has 1 fully saturated rings. The largest absolute Gasteiger partial charge is 0.480 e. The molecule has 0 aliphatic heterocycles. The summed E-state index contributed by atoms with van der Waals surface area (Å²) in [5.74, 6) is -1.81. The van der Waals surface area contributed by atoms with E-state index in [-0.39, 0.29) is 5.41 Å². The van der Waals surface area contributed by atoms with Gasteiger partial charge in [0, 0.05) is 6.54 Å². The molecule has 1 saturated carbocycles. The number of amides is 3. The number of ether oxygens (including phenoxy) is 1.